The van der Waals surface area contributed by atoms with Gasteiger partial charge in [0.1, 0.15) is 12.2 Å². The van der Waals surface area contributed by atoms with Crippen molar-refractivity contribution >= 4 is 21.6 Å². The molecule has 1 aliphatic heterocycles. The third kappa shape index (κ3) is 3.02. The highest BCUT2D eigenvalue weighted by Gasteiger charge is 2.32. The summed E-state index contributed by atoms with van der Waals surface area (Å²) in [4.78, 5) is 0. The Morgan fingerprint density at radius 1 is 1.56 bits per heavy atom. The number of anilines is 1. The van der Waals surface area contributed by atoms with Gasteiger partial charge in [0.25, 0.3) is 0 Å². The first kappa shape index (κ1) is 13.3. The van der Waals surface area contributed by atoms with Crippen LogP contribution < -0.4 is 5.32 Å². The molecule has 96 valence electrons. The maximum atomic E-state index is 9.10. The molecule has 0 bridgehead atoms. The molecule has 1 aliphatic rings. The fourth-order valence-electron chi connectivity index (χ4n) is 1.87. The van der Waals surface area contributed by atoms with Crippen LogP contribution >= 0.6 is 15.9 Å². The number of ether oxygens (including phenoxy) is 2. The molecule has 1 atom stereocenters. The maximum absolute atomic E-state index is 9.10. The summed E-state index contributed by atoms with van der Waals surface area (Å²) in [6.45, 7) is 4.98. The zero-order chi connectivity index (χ0) is 13.2. The molecule has 18 heavy (non-hydrogen) atoms. The van der Waals surface area contributed by atoms with E-state index in [1.807, 2.05) is 32.0 Å². The summed E-state index contributed by atoms with van der Waals surface area (Å²) in [5.41, 5.74) is 1.41. The van der Waals surface area contributed by atoms with Crippen molar-refractivity contribution in [1.82, 2.24) is 0 Å². The van der Waals surface area contributed by atoms with Crippen LogP contribution in [0.1, 0.15) is 19.4 Å². The van der Waals surface area contributed by atoms with E-state index in [-0.39, 0.29) is 6.10 Å². The van der Waals surface area contributed by atoms with Crippen molar-refractivity contribution < 1.29 is 9.47 Å². The maximum Gasteiger partial charge on any atom is 0.163 e. The first-order chi connectivity index (χ1) is 8.52. The van der Waals surface area contributed by atoms with E-state index in [2.05, 4.69) is 27.3 Å². The van der Waals surface area contributed by atoms with Gasteiger partial charge in [0, 0.05) is 11.0 Å². The highest BCUT2D eigenvalue weighted by Crippen LogP contribution is 2.25. The Balaban J connectivity index is 2.00. The van der Waals surface area contributed by atoms with Gasteiger partial charge in [-0.25, -0.2) is 0 Å². The number of hydrogen-bond acceptors (Lipinski definition) is 4. The fraction of sp³-hybridized carbons (Fsp3) is 0.462. The molecule has 1 saturated heterocycles. The number of nitriles is 1. The van der Waals surface area contributed by atoms with Gasteiger partial charge < -0.3 is 14.8 Å². The van der Waals surface area contributed by atoms with Crippen LogP contribution in [-0.2, 0) is 9.47 Å². The summed E-state index contributed by atoms with van der Waals surface area (Å²) in [6.07, 6.45) is 0.00512. The monoisotopic (exact) mass is 310 g/mol. The largest absolute Gasteiger partial charge is 0.381 e. The van der Waals surface area contributed by atoms with Gasteiger partial charge in [0.05, 0.1) is 17.9 Å². The van der Waals surface area contributed by atoms with Crippen LogP contribution in [0.4, 0.5) is 5.69 Å². The van der Waals surface area contributed by atoms with Gasteiger partial charge in [-0.2, -0.15) is 5.26 Å². The van der Waals surface area contributed by atoms with Gasteiger partial charge >= 0.3 is 0 Å². The third-order valence-electron chi connectivity index (χ3n) is 2.71. The fourth-order valence-corrected chi connectivity index (χ4v) is 2.33. The molecule has 0 spiro atoms. The second kappa shape index (κ2) is 5.27. The number of nitrogens with zero attached hydrogens (tertiary/aromatic N) is 1. The molecular weight excluding hydrogens is 296 g/mol. The number of nitrogens with one attached hydrogen (secondary N) is 1. The molecule has 4 nitrogen and oxygen atoms in total. The molecule has 1 N–H and O–H groups in total. The van der Waals surface area contributed by atoms with Gasteiger partial charge in [0.15, 0.2) is 5.79 Å². The second-order valence-corrected chi connectivity index (χ2v) is 5.46. The van der Waals surface area contributed by atoms with Crippen LogP contribution in [0.25, 0.3) is 0 Å². The Hall–Kier alpha value is -1.09. The lowest BCUT2D eigenvalue weighted by atomic mass is 10.2. The van der Waals surface area contributed by atoms with E-state index >= 15 is 0 Å². The number of rotatable bonds is 3. The zero-order valence-corrected chi connectivity index (χ0v) is 12.0. The highest BCUT2D eigenvalue weighted by molar-refractivity contribution is 9.10. The van der Waals surface area contributed by atoms with E-state index in [4.69, 9.17) is 14.7 Å². The normalized spacial score (nSPS) is 21.6. The molecule has 0 aliphatic carbocycles. The van der Waals surface area contributed by atoms with Crippen molar-refractivity contribution in [3.63, 3.8) is 0 Å². The molecule has 1 fully saturated rings. The van der Waals surface area contributed by atoms with E-state index in [1.165, 1.54) is 0 Å². The van der Waals surface area contributed by atoms with Crippen LogP contribution in [0.2, 0.25) is 0 Å². The number of hydrogen-bond donors (Lipinski definition) is 1. The van der Waals surface area contributed by atoms with Gasteiger partial charge in [-0.1, -0.05) is 6.07 Å². The summed E-state index contributed by atoms with van der Waals surface area (Å²) in [5.74, 6) is -0.512. The smallest absolute Gasteiger partial charge is 0.163 e. The molecule has 1 aromatic carbocycles. The minimum absolute atomic E-state index is 0.00512. The third-order valence-corrected chi connectivity index (χ3v) is 3.37. The van der Waals surface area contributed by atoms with E-state index in [1.54, 1.807) is 0 Å². The van der Waals surface area contributed by atoms with Crippen LogP contribution in [0.5, 0.6) is 0 Å². The zero-order valence-electron chi connectivity index (χ0n) is 10.4. The van der Waals surface area contributed by atoms with Gasteiger partial charge in [-0.3, -0.25) is 0 Å². The molecule has 1 unspecified atom stereocenters. The molecule has 0 amide bonds. The Kier molecular flexibility index (Phi) is 3.91. The lowest BCUT2D eigenvalue weighted by Crippen LogP contribution is -2.26. The molecule has 1 aromatic rings. The predicted octanol–water partition coefficient (Wildman–Crippen LogP) is 2.88. The highest BCUT2D eigenvalue weighted by atomic mass is 79.9. The van der Waals surface area contributed by atoms with E-state index in [9.17, 15) is 0 Å². The summed E-state index contributed by atoms with van der Waals surface area (Å²) >= 11 is 3.36. The molecule has 0 saturated carbocycles. The molecular formula is C13H15BrN2O2. The number of halogens is 1. The quantitative estimate of drug-likeness (QED) is 0.932. The van der Waals surface area contributed by atoms with Crippen molar-refractivity contribution in [2.24, 2.45) is 0 Å². The van der Waals surface area contributed by atoms with Crippen LogP contribution in [0.15, 0.2) is 22.7 Å². The first-order valence-electron chi connectivity index (χ1n) is 5.76. The van der Waals surface area contributed by atoms with Crippen LogP contribution in [0, 0.1) is 11.3 Å². The van der Waals surface area contributed by atoms with Gasteiger partial charge in [-0.05, 0) is 41.9 Å². The number of benzene rings is 1. The van der Waals surface area contributed by atoms with E-state index in [0.717, 1.165) is 10.2 Å². The van der Waals surface area contributed by atoms with Crippen molar-refractivity contribution in [2.45, 2.75) is 25.7 Å². The van der Waals surface area contributed by atoms with Crippen LogP contribution in [0.3, 0.4) is 0 Å². The van der Waals surface area contributed by atoms with E-state index in [0.29, 0.717) is 18.7 Å². The van der Waals surface area contributed by atoms with Crippen molar-refractivity contribution in [1.29, 1.82) is 5.26 Å². The second-order valence-electron chi connectivity index (χ2n) is 4.61. The summed E-state index contributed by atoms with van der Waals surface area (Å²) in [6, 6.07) is 7.79. The van der Waals surface area contributed by atoms with Crippen LogP contribution in [-0.4, -0.2) is 25.0 Å². The van der Waals surface area contributed by atoms with Gasteiger partial charge in [-0.15, -0.1) is 0 Å². The summed E-state index contributed by atoms with van der Waals surface area (Å²) < 4.78 is 12.0. The average molecular weight is 311 g/mol. The van der Waals surface area contributed by atoms with E-state index < -0.39 is 5.79 Å². The molecule has 1 heterocycles. The van der Waals surface area contributed by atoms with Crippen molar-refractivity contribution in [3.05, 3.63) is 28.2 Å². The average Bonchev–Trinajstić information content (AvgIpc) is 2.66. The van der Waals surface area contributed by atoms with Crippen molar-refractivity contribution in [3.8, 4) is 6.07 Å². The Morgan fingerprint density at radius 3 is 2.94 bits per heavy atom. The standard InChI is InChI=1S/C13H15BrN2O2/c1-13(2)17-8-9(18-13)7-16-12-5-3-4-11(14)10(12)6-15/h3-5,9,16H,7-8H2,1-2H3. The molecule has 5 heteroatoms. The minimum atomic E-state index is -0.512. The molecule has 2 rings (SSSR count). The lowest BCUT2D eigenvalue weighted by molar-refractivity contribution is -0.136. The van der Waals surface area contributed by atoms with Gasteiger partial charge in [0.2, 0.25) is 0 Å². The Morgan fingerprint density at radius 2 is 2.33 bits per heavy atom. The summed E-state index contributed by atoms with van der Waals surface area (Å²) in [7, 11) is 0. The minimum Gasteiger partial charge on any atom is -0.381 e. The first-order valence-corrected chi connectivity index (χ1v) is 6.55. The lowest BCUT2D eigenvalue weighted by Gasteiger charge is -2.18. The molecule has 0 radical (unpaired) electrons. The SMILES string of the molecule is CC1(C)OCC(CNc2cccc(Br)c2C#N)O1. The summed E-state index contributed by atoms with van der Waals surface area (Å²) in [5, 5.41) is 12.3. The predicted molar refractivity (Wildman–Crippen MR) is 72.3 cm³/mol. The Labute approximate surface area is 115 Å². The van der Waals surface area contributed by atoms with Crippen molar-refractivity contribution in [2.75, 3.05) is 18.5 Å². The Bertz CT molecular complexity index is 482. The molecule has 0 aromatic heterocycles. The topological polar surface area (TPSA) is 54.3 Å².